The fourth-order valence-corrected chi connectivity index (χ4v) is 15.4. The van der Waals surface area contributed by atoms with Gasteiger partial charge in [0.05, 0.1) is 19.6 Å². The van der Waals surface area contributed by atoms with E-state index in [0.29, 0.717) is 25.7 Å². The Labute approximate surface area is 542 Å². The van der Waals surface area contributed by atoms with Gasteiger partial charge in [0.15, 0.2) is 0 Å². The second-order valence-corrected chi connectivity index (χ2v) is 31.1. The van der Waals surface area contributed by atoms with E-state index in [2.05, 4.69) is 27.7 Å². The molecule has 0 spiro atoms. The Morgan fingerprint density at radius 2 is 0.348 bits per heavy atom. The predicted molar refractivity (Wildman–Crippen MR) is 364 cm³/mol. The predicted octanol–water partition coefficient (Wildman–Crippen LogP) is 21.1. The Morgan fingerprint density at radius 3 is 0.494 bits per heavy atom. The maximum absolute atomic E-state index is 14.7. The number of benzene rings is 4. The Balaban J connectivity index is 1.65. The largest absolute Gasteiger partial charge is 0.472 e. The van der Waals surface area contributed by atoms with Crippen LogP contribution >= 0.6 is 0 Å². The molecule has 0 bridgehead atoms. The lowest BCUT2D eigenvalue weighted by atomic mass is 10.0. The van der Waals surface area contributed by atoms with Crippen molar-refractivity contribution in [1.82, 2.24) is 0 Å². The standard InChI is InChI=1S/C73H116O12S4/c1-5-9-13-17-21-25-29-33-37-41-45-65-49-57-69(58-50-65)86(74,75)82-73(83-87(76,77)70-59-51-66(52-60-70)46-42-38-34-30-26-22-18-14-10-6-2,84-88(78,79)71-61-53-67(54-62-71)47-43-39-35-31-27-23-19-15-11-7-3)85-89(80,81)72-63-55-68(56-64-72)48-44-40-36-32-28-24-20-16-12-8-4/h49-64H,5-48H2,1-4H3. The van der Waals surface area contributed by atoms with Gasteiger partial charge in [-0.1, -0.05) is 307 Å². The summed E-state index contributed by atoms with van der Waals surface area (Å²) < 4.78 is 139. The number of rotatable bonds is 56. The monoisotopic (exact) mass is 1310 g/mol. The lowest BCUT2D eigenvalue weighted by molar-refractivity contribution is -0.360. The van der Waals surface area contributed by atoms with Gasteiger partial charge in [-0.3, -0.25) is 0 Å². The fourth-order valence-electron chi connectivity index (χ4n) is 11.4. The highest BCUT2D eigenvalue weighted by Crippen LogP contribution is 2.36. The molecule has 0 saturated carbocycles. The SMILES string of the molecule is CCCCCCCCCCCCc1ccc(S(=O)(=O)OC(OS(=O)(=O)c2ccc(CCCCCCCCCCCC)cc2)(OS(=O)(=O)c2ccc(CCCCCCCCCCCC)cc2)OS(=O)(=O)c2ccc(CCCCCCCCCCCC)cc2)cc1. The molecule has 4 aromatic rings. The van der Waals surface area contributed by atoms with Crippen molar-refractivity contribution in [3.63, 3.8) is 0 Å². The van der Waals surface area contributed by atoms with Crippen LogP contribution in [0.15, 0.2) is 117 Å². The van der Waals surface area contributed by atoms with Crippen LogP contribution in [0.4, 0.5) is 0 Å². The van der Waals surface area contributed by atoms with E-state index in [1.165, 1.54) is 203 Å². The molecule has 0 aliphatic heterocycles. The van der Waals surface area contributed by atoms with E-state index in [-0.39, 0.29) is 0 Å². The van der Waals surface area contributed by atoms with Crippen LogP contribution < -0.4 is 0 Å². The van der Waals surface area contributed by atoms with Crippen LogP contribution in [-0.2, 0) is 82.9 Å². The quantitative estimate of drug-likeness (QED) is 0.0233. The van der Waals surface area contributed by atoms with Crippen molar-refractivity contribution in [2.45, 2.75) is 336 Å². The highest BCUT2D eigenvalue weighted by molar-refractivity contribution is 7.88. The van der Waals surface area contributed by atoms with Crippen LogP contribution in [0.2, 0.25) is 0 Å². The van der Waals surface area contributed by atoms with Crippen LogP contribution in [0, 0.1) is 0 Å². The summed E-state index contributed by atoms with van der Waals surface area (Å²) in [5.74, 6) is 0. The van der Waals surface area contributed by atoms with Gasteiger partial charge in [-0.05, 0) is 122 Å². The van der Waals surface area contributed by atoms with Gasteiger partial charge in [0.2, 0.25) is 0 Å². The summed E-state index contributed by atoms with van der Waals surface area (Å²) >= 11 is 0. The third-order valence-electron chi connectivity index (χ3n) is 17.0. The van der Waals surface area contributed by atoms with Gasteiger partial charge >= 0.3 is 46.6 Å². The number of hydrogen-bond acceptors (Lipinski definition) is 12. The van der Waals surface area contributed by atoms with Crippen LogP contribution in [0.3, 0.4) is 0 Å². The Kier molecular flexibility index (Phi) is 39.4. The molecule has 0 aliphatic rings. The molecule has 0 fully saturated rings. The van der Waals surface area contributed by atoms with E-state index >= 15 is 0 Å². The van der Waals surface area contributed by atoms with Crippen LogP contribution in [-0.4, -0.2) is 39.8 Å². The summed E-state index contributed by atoms with van der Waals surface area (Å²) in [6.07, 6.45) is 44.4. The molecule has 0 aliphatic carbocycles. The topological polar surface area (TPSA) is 173 Å². The molecule has 4 rings (SSSR count). The minimum Gasteiger partial charge on any atom is -0.194 e. The smallest absolute Gasteiger partial charge is 0.194 e. The molecular formula is C73H116O12S4. The average molecular weight is 1310 g/mol. The maximum Gasteiger partial charge on any atom is 0.472 e. The van der Waals surface area contributed by atoms with Crippen molar-refractivity contribution < 1.29 is 50.4 Å². The van der Waals surface area contributed by atoms with Gasteiger partial charge in [-0.15, -0.1) is 0 Å². The molecule has 0 heterocycles. The molecular weight excluding hydrogens is 1200 g/mol. The normalized spacial score (nSPS) is 12.5. The molecule has 0 unspecified atom stereocenters. The first kappa shape index (κ1) is 78.0. The summed E-state index contributed by atoms with van der Waals surface area (Å²) in [6.45, 7) is 8.85. The van der Waals surface area contributed by atoms with Gasteiger partial charge in [0.1, 0.15) is 0 Å². The van der Waals surface area contributed by atoms with E-state index in [4.69, 9.17) is 16.7 Å². The van der Waals surface area contributed by atoms with E-state index < -0.39 is 66.2 Å². The van der Waals surface area contributed by atoms with E-state index in [9.17, 15) is 33.7 Å². The van der Waals surface area contributed by atoms with Gasteiger partial charge in [0, 0.05) is 0 Å². The molecule has 16 heteroatoms. The number of unbranched alkanes of at least 4 members (excludes halogenated alkanes) is 36. The minimum atomic E-state index is -5.40. The molecule has 89 heavy (non-hydrogen) atoms. The molecule has 0 atom stereocenters. The second kappa shape index (κ2) is 45.0. The first-order valence-corrected chi connectivity index (χ1v) is 40.8. The van der Waals surface area contributed by atoms with Gasteiger partial charge in [-0.2, -0.15) is 50.4 Å². The summed E-state index contributed by atoms with van der Waals surface area (Å²) in [7, 11) is -21.6. The molecule has 0 amide bonds. The zero-order chi connectivity index (χ0) is 64.4. The average Bonchev–Trinajstić information content (AvgIpc) is 2.54. The first-order chi connectivity index (χ1) is 43.0. The molecule has 0 radical (unpaired) electrons. The molecule has 12 nitrogen and oxygen atoms in total. The maximum atomic E-state index is 14.7. The Morgan fingerprint density at radius 1 is 0.213 bits per heavy atom. The van der Waals surface area contributed by atoms with Crippen molar-refractivity contribution in [1.29, 1.82) is 0 Å². The minimum absolute atomic E-state index is 0.569. The Bertz CT molecular complexity index is 2510. The van der Waals surface area contributed by atoms with E-state index in [1.807, 2.05) is 0 Å². The molecule has 504 valence electrons. The van der Waals surface area contributed by atoms with Crippen LogP contribution in [0.1, 0.15) is 307 Å². The second-order valence-electron chi connectivity index (χ2n) is 25.0. The number of aryl methyl sites for hydroxylation is 4. The van der Waals surface area contributed by atoms with Crippen LogP contribution in [0.25, 0.3) is 0 Å². The molecule has 4 aromatic carbocycles. The van der Waals surface area contributed by atoms with Gasteiger partial charge in [0.25, 0.3) is 0 Å². The highest BCUT2D eigenvalue weighted by Gasteiger charge is 2.55. The summed E-state index contributed by atoms with van der Waals surface area (Å²) in [6, 6.07) is 22.3. The summed E-state index contributed by atoms with van der Waals surface area (Å²) in [5.41, 5.74) is 3.26. The van der Waals surface area contributed by atoms with Gasteiger partial charge < -0.3 is 0 Å². The van der Waals surface area contributed by atoms with Crippen molar-refractivity contribution in [3.05, 3.63) is 119 Å². The molecule has 0 N–H and O–H groups in total. The van der Waals surface area contributed by atoms with Crippen molar-refractivity contribution in [3.8, 4) is 0 Å². The third-order valence-corrected chi connectivity index (χ3v) is 22.1. The fraction of sp³-hybridized carbons (Fsp3) is 0.671. The zero-order valence-electron chi connectivity index (χ0n) is 55.4. The van der Waals surface area contributed by atoms with Crippen molar-refractivity contribution >= 4 is 40.5 Å². The summed E-state index contributed by atoms with van der Waals surface area (Å²) in [4.78, 5) is -2.28. The van der Waals surface area contributed by atoms with Crippen molar-refractivity contribution in [2.75, 3.05) is 0 Å². The summed E-state index contributed by atoms with van der Waals surface area (Å²) in [5, 5.41) is 0. The van der Waals surface area contributed by atoms with E-state index in [1.54, 1.807) is 48.5 Å². The lowest BCUT2D eigenvalue weighted by Crippen LogP contribution is -2.48. The lowest BCUT2D eigenvalue weighted by Gasteiger charge is -2.29. The third kappa shape index (κ3) is 32.8. The zero-order valence-corrected chi connectivity index (χ0v) is 58.6. The first-order valence-electron chi connectivity index (χ1n) is 35.2. The van der Waals surface area contributed by atoms with E-state index in [0.717, 1.165) is 125 Å². The molecule has 0 aromatic heterocycles. The highest BCUT2D eigenvalue weighted by atomic mass is 32.2. The van der Waals surface area contributed by atoms with Gasteiger partial charge in [-0.25, -0.2) is 0 Å². The molecule has 0 saturated heterocycles. The van der Waals surface area contributed by atoms with Crippen LogP contribution in [0.5, 0.6) is 0 Å². The Hall–Kier alpha value is -3.48. The number of hydrogen-bond donors (Lipinski definition) is 0. The van der Waals surface area contributed by atoms with Crippen molar-refractivity contribution in [2.24, 2.45) is 0 Å².